The molecule has 2 saturated heterocycles. The fourth-order valence-electron chi connectivity index (χ4n) is 3.74. The second-order valence-corrected chi connectivity index (χ2v) is 7.60. The largest absolute Gasteiger partial charge is 0.459 e. The molecule has 0 aliphatic carbocycles. The van der Waals surface area contributed by atoms with Crippen molar-refractivity contribution in [3.63, 3.8) is 0 Å². The zero-order valence-electron chi connectivity index (χ0n) is 15.2. The summed E-state index contributed by atoms with van der Waals surface area (Å²) in [6.45, 7) is 9.40. The molecule has 6 nitrogen and oxygen atoms in total. The molecule has 0 spiro atoms. The summed E-state index contributed by atoms with van der Waals surface area (Å²) in [5, 5.41) is 2.78. The average molecular weight is 336 g/mol. The van der Waals surface area contributed by atoms with Gasteiger partial charge in [-0.1, -0.05) is 12.2 Å². The van der Waals surface area contributed by atoms with Crippen LogP contribution in [0.1, 0.15) is 47.5 Å². The lowest BCUT2D eigenvalue weighted by atomic mass is 9.87. The number of nitrogens with zero attached hydrogens (tertiary/aromatic N) is 1. The first-order chi connectivity index (χ1) is 11.1. The highest BCUT2D eigenvalue weighted by Gasteiger charge is 2.52. The Kier molecular flexibility index (Phi) is 5.48. The van der Waals surface area contributed by atoms with Crippen molar-refractivity contribution >= 4 is 17.7 Å². The molecule has 2 aliphatic rings. The first-order valence-electron chi connectivity index (χ1n) is 8.55. The normalized spacial score (nSPS) is 31.1. The number of allylic oxidation sites excluding steroid dienone is 1. The highest BCUT2D eigenvalue weighted by molar-refractivity contribution is 5.90. The fraction of sp³-hybridized carbons (Fsp3) is 0.722. The maximum absolute atomic E-state index is 12.6. The SMILES string of the molecule is C/C=C\[C@@H]1C[C@H](C(=O)OC(C)(C)C)N2CCC(=O)[C@H](NC(C)=O)[C@@H]12. The highest BCUT2D eigenvalue weighted by atomic mass is 16.6. The molecule has 0 bridgehead atoms. The van der Waals surface area contributed by atoms with Gasteiger partial charge in [0.2, 0.25) is 5.91 Å². The number of ether oxygens (including phenoxy) is 1. The first-order valence-corrected chi connectivity index (χ1v) is 8.55. The van der Waals surface area contributed by atoms with Crippen LogP contribution in [0.3, 0.4) is 0 Å². The van der Waals surface area contributed by atoms with Gasteiger partial charge in [0.15, 0.2) is 5.78 Å². The number of hydrogen-bond donors (Lipinski definition) is 1. The van der Waals surface area contributed by atoms with Crippen molar-refractivity contribution < 1.29 is 19.1 Å². The number of carbonyl (C=O) groups is 3. The van der Waals surface area contributed by atoms with Crippen LogP contribution in [-0.4, -0.2) is 52.8 Å². The van der Waals surface area contributed by atoms with Gasteiger partial charge in [0.25, 0.3) is 0 Å². The van der Waals surface area contributed by atoms with Crippen molar-refractivity contribution in [2.75, 3.05) is 6.54 Å². The van der Waals surface area contributed by atoms with E-state index >= 15 is 0 Å². The minimum Gasteiger partial charge on any atom is -0.459 e. The van der Waals surface area contributed by atoms with E-state index in [9.17, 15) is 14.4 Å². The Labute approximate surface area is 143 Å². The van der Waals surface area contributed by atoms with Crippen molar-refractivity contribution in [2.24, 2.45) is 5.92 Å². The van der Waals surface area contributed by atoms with Crippen molar-refractivity contribution in [1.29, 1.82) is 0 Å². The molecule has 2 aliphatic heterocycles. The van der Waals surface area contributed by atoms with E-state index in [-0.39, 0.29) is 35.7 Å². The van der Waals surface area contributed by atoms with Crippen LogP contribution >= 0.6 is 0 Å². The van der Waals surface area contributed by atoms with E-state index < -0.39 is 11.6 Å². The van der Waals surface area contributed by atoms with Crippen LogP contribution in [0.2, 0.25) is 0 Å². The Morgan fingerprint density at radius 1 is 1.33 bits per heavy atom. The van der Waals surface area contributed by atoms with Crippen LogP contribution in [0.5, 0.6) is 0 Å². The summed E-state index contributed by atoms with van der Waals surface area (Å²) in [5.41, 5.74) is -0.548. The van der Waals surface area contributed by atoms with Gasteiger partial charge in [0.1, 0.15) is 17.7 Å². The van der Waals surface area contributed by atoms with Crippen molar-refractivity contribution in [3.8, 4) is 0 Å². The minimum atomic E-state index is -0.565. The molecule has 134 valence electrons. The minimum absolute atomic E-state index is 0.0331. The molecule has 2 heterocycles. The number of Topliss-reactive ketones (excluding diaryl/α,β-unsaturated/α-hetero) is 1. The van der Waals surface area contributed by atoms with Gasteiger partial charge < -0.3 is 10.1 Å². The standard InChI is InChI=1S/C18H28N2O4/c1-6-7-12-10-13(17(23)24-18(3,4)5)20-9-8-14(22)15(16(12)20)19-11(2)21/h6-7,12-13,15-16H,8-10H2,1-5H3,(H,19,21)/b7-6-/t12-,13-,15+,16-/m1/s1. The number of rotatable bonds is 3. The fourth-order valence-corrected chi connectivity index (χ4v) is 3.74. The number of carbonyl (C=O) groups excluding carboxylic acids is 3. The van der Waals surface area contributed by atoms with E-state index in [1.165, 1.54) is 6.92 Å². The molecule has 0 saturated carbocycles. The Morgan fingerprint density at radius 3 is 2.54 bits per heavy atom. The van der Waals surface area contributed by atoms with Crippen LogP contribution in [0, 0.1) is 5.92 Å². The number of hydrogen-bond acceptors (Lipinski definition) is 5. The van der Waals surface area contributed by atoms with Gasteiger partial charge in [0, 0.05) is 25.9 Å². The van der Waals surface area contributed by atoms with Crippen molar-refractivity contribution in [1.82, 2.24) is 10.2 Å². The van der Waals surface area contributed by atoms with Crippen LogP contribution < -0.4 is 5.32 Å². The zero-order chi connectivity index (χ0) is 18.1. The Morgan fingerprint density at radius 2 is 2.00 bits per heavy atom. The third-order valence-electron chi connectivity index (χ3n) is 4.50. The molecule has 0 aromatic rings. The topological polar surface area (TPSA) is 75.7 Å². The summed E-state index contributed by atoms with van der Waals surface area (Å²) in [7, 11) is 0. The number of nitrogens with one attached hydrogen (secondary N) is 1. The van der Waals surface area contributed by atoms with Gasteiger partial charge in [-0.15, -0.1) is 0 Å². The molecule has 0 aromatic heterocycles. The van der Waals surface area contributed by atoms with Crippen LogP contribution in [0.25, 0.3) is 0 Å². The van der Waals surface area contributed by atoms with E-state index in [0.717, 1.165) is 0 Å². The Bertz CT molecular complexity index is 550. The summed E-state index contributed by atoms with van der Waals surface area (Å²) in [6, 6.07) is -1.13. The lowest BCUT2D eigenvalue weighted by Crippen LogP contribution is -2.61. The van der Waals surface area contributed by atoms with Gasteiger partial charge in [-0.3, -0.25) is 19.3 Å². The number of esters is 1. The van der Waals surface area contributed by atoms with Gasteiger partial charge in [0.05, 0.1) is 0 Å². The molecule has 1 N–H and O–H groups in total. The lowest BCUT2D eigenvalue weighted by molar-refractivity contribution is -0.162. The monoisotopic (exact) mass is 336 g/mol. The van der Waals surface area contributed by atoms with E-state index in [1.54, 1.807) is 0 Å². The summed E-state index contributed by atoms with van der Waals surface area (Å²) in [6.07, 6.45) is 4.90. The molecule has 0 aromatic carbocycles. The summed E-state index contributed by atoms with van der Waals surface area (Å²) < 4.78 is 5.56. The number of ketones is 1. The van der Waals surface area contributed by atoms with Gasteiger partial charge in [-0.05, 0) is 40.0 Å². The first kappa shape index (κ1) is 18.6. The molecular weight excluding hydrogens is 308 g/mol. The van der Waals surface area contributed by atoms with E-state index in [0.29, 0.717) is 19.4 Å². The maximum Gasteiger partial charge on any atom is 0.323 e. The molecule has 0 radical (unpaired) electrons. The second-order valence-electron chi connectivity index (χ2n) is 7.60. The highest BCUT2D eigenvalue weighted by Crippen LogP contribution is 2.37. The van der Waals surface area contributed by atoms with Crippen LogP contribution in [0.4, 0.5) is 0 Å². The molecule has 1 amide bonds. The van der Waals surface area contributed by atoms with Gasteiger partial charge in [-0.2, -0.15) is 0 Å². The van der Waals surface area contributed by atoms with E-state index in [4.69, 9.17) is 4.74 Å². The molecule has 4 atom stereocenters. The molecule has 24 heavy (non-hydrogen) atoms. The van der Waals surface area contributed by atoms with Crippen LogP contribution in [-0.2, 0) is 19.1 Å². The summed E-state index contributed by atoms with van der Waals surface area (Å²) in [4.78, 5) is 38.5. The smallest absolute Gasteiger partial charge is 0.323 e. The van der Waals surface area contributed by atoms with E-state index in [1.807, 2.05) is 44.7 Å². The van der Waals surface area contributed by atoms with Crippen molar-refractivity contribution in [3.05, 3.63) is 12.2 Å². The number of piperidine rings is 1. The molecular formula is C18H28N2O4. The molecule has 0 unspecified atom stereocenters. The predicted molar refractivity (Wildman–Crippen MR) is 90.3 cm³/mol. The third kappa shape index (κ3) is 4.04. The Hall–Kier alpha value is -1.69. The quantitative estimate of drug-likeness (QED) is 0.623. The second kappa shape index (κ2) is 7.05. The van der Waals surface area contributed by atoms with Crippen LogP contribution in [0.15, 0.2) is 12.2 Å². The lowest BCUT2D eigenvalue weighted by Gasteiger charge is -2.39. The molecule has 2 rings (SSSR count). The van der Waals surface area contributed by atoms with Gasteiger partial charge >= 0.3 is 5.97 Å². The molecule has 2 fully saturated rings. The zero-order valence-corrected chi connectivity index (χ0v) is 15.2. The molecule has 6 heteroatoms. The predicted octanol–water partition coefficient (Wildman–Crippen LogP) is 1.44. The summed E-state index contributed by atoms with van der Waals surface area (Å²) in [5.74, 6) is -0.412. The maximum atomic E-state index is 12.6. The number of amides is 1. The van der Waals surface area contributed by atoms with E-state index in [2.05, 4.69) is 5.32 Å². The van der Waals surface area contributed by atoms with Crippen molar-refractivity contribution in [2.45, 2.75) is 71.2 Å². The number of fused-ring (bicyclic) bond motifs is 1. The average Bonchev–Trinajstić information content (AvgIpc) is 2.79. The Balaban J connectivity index is 2.28. The summed E-state index contributed by atoms with van der Waals surface area (Å²) >= 11 is 0. The van der Waals surface area contributed by atoms with Gasteiger partial charge in [-0.25, -0.2) is 0 Å². The third-order valence-corrected chi connectivity index (χ3v) is 4.50.